The van der Waals surface area contributed by atoms with Gasteiger partial charge in [-0.1, -0.05) is 18.2 Å². The highest BCUT2D eigenvalue weighted by molar-refractivity contribution is 6.61. The number of hydrogen-bond donors (Lipinski definition) is 2. The third kappa shape index (κ3) is 4.42. The van der Waals surface area contributed by atoms with E-state index in [0.717, 1.165) is 16.6 Å². The molecule has 0 bridgehead atoms. The molecule has 0 aliphatic carbocycles. The van der Waals surface area contributed by atoms with Crippen molar-refractivity contribution in [2.24, 2.45) is 0 Å². The number of amides is 1. The topological polar surface area (TPSA) is 77.0 Å². The summed E-state index contributed by atoms with van der Waals surface area (Å²) in [5, 5.41) is 12.6. The summed E-state index contributed by atoms with van der Waals surface area (Å²) in [4.78, 5) is 12.2. The van der Waals surface area contributed by atoms with Crippen LogP contribution in [0.25, 0.3) is 0 Å². The number of carbonyl (C=O) groups excluding carboxylic acids is 1. The highest BCUT2D eigenvalue weighted by Gasteiger charge is 2.27. The molecule has 2 N–H and O–H groups in total. The molecule has 0 fully saturated rings. The first-order chi connectivity index (χ1) is 14.1. The SMILES string of the molecule is COc1ccc(C(=O)NCc2ccc(Oc3ccc4c(c3)COB4O)cc2)cc1. The number of carbonyl (C=O) groups is 1. The average molecular weight is 389 g/mol. The first kappa shape index (κ1) is 19.0. The van der Waals surface area contributed by atoms with E-state index in [-0.39, 0.29) is 5.91 Å². The predicted molar refractivity (Wildman–Crippen MR) is 110 cm³/mol. The molecule has 29 heavy (non-hydrogen) atoms. The molecule has 0 saturated heterocycles. The molecule has 0 radical (unpaired) electrons. The molecular weight excluding hydrogens is 369 g/mol. The van der Waals surface area contributed by atoms with E-state index in [0.29, 0.717) is 36.0 Å². The van der Waals surface area contributed by atoms with Crippen molar-refractivity contribution in [3.8, 4) is 17.2 Å². The van der Waals surface area contributed by atoms with Gasteiger partial charge in [-0.2, -0.15) is 0 Å². The molecule has 3 aromatic rings. The van der Waals surface area contributed by atoms with Crippen LogP contribution in [0.2, 0.25) is 0 Å². The fourth-order valence-electron chi connectivity index (χ4n) is 3.11. The zero-order valence-electron chi connectivity index (χ0n) is 15.9. The second kappa shape index (κ2) is 8.38. The van der Waals surface area contributed by atoms with Crippen molar-refractivity contribution in [2.45, 2.75) is 13.2 Å². The number of rotatable bonds is 6. The number of benzene rings is 3. The summed E-state index contributed by atoms with van der Waals surface area (Å²) >= 11 is 0. The van der Waals surface area contributed by atoms with Crippen LogP contribution < -0.4 is 20.3 Å². The van der Waals surface area contributed by atoms with Gasteiger partial charge in [0.2, 0.25) is 0 Å². The smallest absolute Gasteiger partial charge is 0.491 e. The Morgan fingerprint density at radius 2 is 1.72 bits per heavy atom. The maximum atomic E-state index is 12.2. The molecule has 7 heteroatoms. The first-order valence-electron chi connectivity index (χ1n) is 9.24. The zero-order chi connectivity index (χ0) is 20.2. The van der Waals surface area contributed by atoms with E-state index in [4.69, 9.17) is 14.1 Å². The minimum atomic E-state index is -0.855. The molecule has 146 valence electrons. The monoisotopic (exact) mass is 389 g/mol. The van der Waals surface area contributed by atoms with E-state index < -0.39 is 7.12 Å². The summed E-state index contributed by atoms with van der Waals surface area (Å²) < 4.78 is 16.2. The van der Waals surface area contributed by atoms with Crippen molar-refractivity contribution in [3.05, 3.63) is 83.4 Å². The number of ether oxygens (including phenoxy) is 2. The number of nitrogens with one attached hydrogen (secondary N) is 1. The Hall–Kier alpha value is -3.29. The summed E-state index contributed by atoms with van der Waals surface area (Å²) in [6.07, 6.45) is 0. The van der Waals surface area contributed by atoms with Crippen molar-refractivity contribution in [1.82, 2.24) is 5.32 Å². The van der Waals surface area contributed by atoms with Crippen LogP contribution in [0.5, 0.6) is 17.2 Å². The van der Waals surface area contributed by atoms with Crippen LogP contribution in [0.15, 0.2) is 66.7 Å². The minimum absolute atomic E-state index is 0.143. The molecule has 1 amide bonds. The number of hydrogen-bond acceptors (Lipinski definition) is 5. The zero-order valence-corrected chi connectivity index (χ0v) is 15.9. The van der Waals surface area contributed by atoms with Crippen LogP contribution in [-0.4, -0.2) is 25.2 Å². The summed E-state index contributed by atoms with van der Waals surface area (Å²) in [5.41, 5.74) is 3.24. The molecule has 0 unspecified atom stereocenters. The molecule has 0 aromatic heterocycles. The first-order valence-corrected chi connectivity index (χ1v) is 9.24. The van der Waals surface area contributed by atoms with Gasteiger partial charge in [-0.15, -0.1) is 0 Å². The van der Waals surface area contributed by atoms with E-state index >= 15 is 0 Å². The lowest BCUT2D eigenvalue weighted by molar-refractivity contribution is 0.0951. The Labute approximate surface area is 169 Å². The predicted octanol–water partition coefficient (Wildman–Crippen LogP) is 2.64. The quantitative estimate of drug-likeness (QED) is 0.634. The van der Waals surface area contributed by atoms with Gasteiger partial charge in [-0.05, 0) is 65.1 Å². The fraction of sp³-hybridized carbons (Fsp3) is 0.136. The lowest BCUT2D eigenvalue weighted by atomic mass is 9.80. The van der Waals surface area contributed by atoms with Crippen LogP contribution >= 0.6 is 0 Å². The lowest BCUT2D eigenvalue weighted by Crippen LogP contribution is -2.27. The number of fused-ring (bicyclic) bond motifs is 1. The van der Waals surface area contributed by atoms with Gasteiger partial charge in [0.1, 0.15) is 17.2 Å². The van der Waals surface area contributed by atoms with Crippen LogP contribution in [-0.2, 0) is 17.8 Å². The molecule has 6 nitrogen and oxygen atoms in total. The van der Waals surface area contributed by atoms with Crippen molar-refractivity contribution in [1.29, 1.82) is 0 Å². The van der Waals surface area contributed by atoms with Gasteiger partial charge in [-0.3, -0.25) is 4.79 Å². The van der Waals surface area contributed by atoms with Gasteiger partial charge in [0.25, 0.3) is 5.91 Å². The highest BCUT2D eigenvalue weighted by atomic mass is 16.5. The van der Waals surface area contributed by atoms with Gasteiger partial charge in [0, 0.05) is 12.1 Å². The summed E-state index contributed by atoms with van der Waals surface area (Å²) in [7, 11) is 0.734. The molecule has 1 aliphatic heterocycles. The Bertz CT molecular complexity index is 1000. The fourth-order valence-corrected chi connectivity index (χ4v) is 3.11. The van der Waals surface area contributed by atoms with Crippen molar-refractivity contribution < 1.29 is 23.9 Å². The second-order valence-electron chi connectivity index (χ2n) is 6.68. The Morgan fingerprint density at radius 1 is 1.03 bits per heavy atom. The van der Waals surface area contributed by atoms with Gasteiger partial charge in [-0.25, -0.2) is 0 Å². The van der Waals surface area contributed by atoms with Crippen LogP contribution in [0.1, 0.15) is 21.5 Å². The average Bonchev–Trinajstić information content (AvgIpc) is 3.13. The lowest BCUT2D eigenvalue weighted by Gasteiger charge is -2.09. The third-order valence-corrected chi connectivity index (χ3v) is 4.74. The minimum Gasteiger partial charge on any atom is -0.497 e. The molecule has 0 atom stereocenters. The van der Waals surface area contributed by atoms with Gasteiger partial charge < -0.3 is 24.5 Å². The summed E-state index contributed by atoms with van der Waals surface area (Å²) in [6.45, 7) is 0.791. The van der Waals surface area contributed by atoms with Gasteiger partial charge >= 0.3 is 7.12 Å². The summed E-state index contributed by atoms with van der Waals surface area (Å²) in [5.74, 6) is 1.94. The molecule has 1 heterocycles. The number of methoxy groups -OCH3 is 1. The Kier molecular flexibility index (Phi) is 5.51. The largest absolute Gasteiger partial charge is 0.497 e. The van der Waals surface area contributed by atoms with E-state index in [1.807, 2.05) is 36.4 Å². The van der Waals surface area contributed by atoms with Crippen molar-refractivity contribution >= 4 is 18.5 Å². The highest BCUT2D eigenvalue weighted by Crippen LogP contribution is 2.24. The van der Waals surface area contributed by atoms with E-state index in [2.05, 4.69) is 5.32 Å². The van der Waals surface area contributed by atoms with Crippen LogP contribution in [0.3, 0.4) is 0 Å². The van der Waals surface area contributed by atoms with E-state index in [1.54, 1.807) is 37.4 Å². The van der Waals surface area contributed by atoms with E-state index in [9.17, 15) is 9.82 Å². The van der Waals surface area contributed by atoms with E-state index in [1.165, 1.54) is 0 Å². The molecule has 1 aliphatic rings. The Balaban J connectivity index is 1.33. The van der Waals surface area contributed by atoms with Gasteiger partial charge in [0.05, 0.1) is 13.7 Å². The standard InChI is InChI=1S/C22H20BNO5/c1-27-18-8-4-16(5-9-18)22(25)24-13-15-2-6-19(7-3-15)29-20-10-11-21-17(12-20)14-28-23(21)26/h2-12,26H,13-14H2,1H3,(H,24,25). The molecule has 3 aromatic carbocycles. The molecule has 4 rings (SSSR count). The normalized spacial score (nSPS) is 12.4. The maximum absolute atomic E-state index is 12.2. The summed E-state index contributed by atoms with van der Waals surface area (Å²) in [6, 6.07) is 20.0. The van der Waals surface area contributed by atoms with Gasteiger partial charge in [0.15, 0.2) is 0 Å². The Morgan fingerprint density at radius 3 is 2.45 bits per heavy atom. The molecular formula is C22H20BNO5. The van der Waals surface area contributed by atoms with Crippen molar-refractivity contribution in [3.63, 3.8) is 0 Å². The molecule has 0 spiro atoms. The third-order valence-electron chi connectivity index (χ3n) is 4.74. The van der Waals surface area contributed by atoms with Crippen LogP contribution in [0.4, 0.5) is 0 Å². The molecule has 0 saturated carbocycles. The second-order valence-corrected chi connectivity index (χ2v) is 6.68. The van der Waals surface area contributed by atoms with Crippen molar-refractivity contribution in [2.75, 3.05) is 7.11 Å². The maximum Gasteiger partial charge on any atom is 0.491 e. The van der Waals surface area contributed by atoms with Crippen LogP contribution in [0, 0.1) is 0 Å².